The lowest BCUT2D eigenvalue weighted by Crippen LogP contribution is -2.09. The van der Waals surface area contributed by atoms with Gasteiger partial charge in [-0.2, -0.15) is 0 Å². The first-order valence-electron chi connectivity index (χ1n) is 6.79. The molecule has 1 aromatic carbocycles. The van der Waals surface area contributed by atoms with Gasteiger partial charge in [-0.15, -0.1) is 0 Å². The molecule has 0 aliphatic carbocycles. The van der Waals surface area contributed by atoms with E-state index in [0.29, 0.717) is 12.5 Å². The molecule has 0 fully saturated rings. The molecule has 0 saturated heterocycles. The number of hydrogen-bond donors (Lipinski definition) is 1. The number of rotatable bonds is 8. The molecule has 0 amide bonds. The van der Waals surface area contributed by atoms with Crippen molar-refractivity contribution < 1.29 is 4.74 Å². The highest BCUT2D eigenvalue weighted by Crippen LogP contribution is 2.21. The first kappa shape index (κ1) is 15.5. The van der Waals surface area contributed by atoms with Crippen molar-refractivity contribution in [2.45, 2.75) is 46.1 Å². The first-order chi connectivity index (χ1) is 8.67. The van der Waals surface area contributed by atoms with Crippen LogP contribution in [0, 0.1) is 5.92 Å². The molecule has 1 unspecified atom stereocenters. The Morgan fingerprint density at radius 2 is 2.11 bits per heavy atom. The lowest BCUT2D eigenvalue weighted by molar-refractivity contribution is 0.0820. The molecular weight excluding hydrogens is 290 g/mol. The van der Waals surface area contributed by atoms with Crippen LogP contribution in [0.3, 0.4) is 0 Å². The number of ether oxygens (including phenoxy) is 1. The lowest BCUT2D eigenvalue weighted by atomic mass is 10.0. The van der Waals surface area contributed by atoms with Crippen molar-refractivity contribution in [3.05, 3.63) is 28.2 Å². The third kappa shape index (κ3) is 5.40. The minimum atomic E-state index is 0.653. The highest BCUT2D eigenvalue weighted by Gasteiger charge is 2.06. The van der Waals surface area contributed by atoms with E-state index in [4.69, 9.17) is 10.5 Å². The molecule has 0 aromatic heterocycles. The van der Waals surface area contributed by atoms with Gasteiger partial charge in [0.05, 0.1) is 6.61 Å². The molecule has 0 saturated carbocycles. The maximum absolute atomic E-state index is 5.84. The molecule has 0 radical (unpaired) electrons. The second-order valence-corrected chi connectivity index (χ2v) is 5.64. The maximum atomic E-state index is 5.84. The van der Waals surface area contributed by atoms with Crippen molar-refractivity contribution in [1.29, 1.82) is 0 Å². The van der Waals surface area contributed by atoms with E-state index in [2.05, 4.69) is 29.8 Å². The third-order valence-electron chi connectivity index (χ3n) is 3.23. The summed E-state index contributed by atoms with van der Waals surface area (Å²) in [6.45, 7) is 5.98. The Morgan fingerprint density at radius 3 is 2.72 bits per heavy atom. The Labute approximate surface area is 119 Å². The molecule has 0 bridgehead atoms. The fourth-order valence-corrected chi connectivity index (χ4v) is 2.17. The number of nitrogens with two attached hydrogens (primary N) is 1. The fraction of sp³-hybridized carbons (Fsp3) is 0.600. The van der Waals surface area contributed by atoms with Gasteiger partial charge in [-0.25, -0.2) is 0 Å². The van der Waals surface area contributed by atoms with Crippen molar-refractivity contribution in [2.75, 3.05) is 12.3 Å². The van der Waals surface area contributed by atoms with Crippen LogP contribution in [0.2, 0.25) is 0 Å². The van der Waals surface area contributed by atoms with Gasteiger partial charge in [-0.3, -0.25) is 0 Å². The summed E-state index contributed by atoms with van der Waals surface area (Å²) in [6, 6.07) is 5.99. The van der Waals surface area contributed by atoms with E-state index in [0.717, 1.165) is 22.3 Å². The van der Waals surface area contributed by atoms with Crippen LogP contribution in [0.15, 0.2) is 22.7 Å². The number of nitrogen functional groups attached to an aromatic ring is 1. The second kappa shape index (κ2) is 8.54. The van der Waals surface area contributed by atoms with E-state index in [1.54, 1.807) is 0 Å². The smallest absolute Gasteiger partial charge is 0.0717 e. The second-order valence-electron chi connectivity index (χ2n) is 4.79. The number of hydrogen-bond acceptors (Lipinski definition) is 2. The van der Waals surface area contributed by atoms with Crippen LogP contribution in [-0.2, 0) is 11.3 Å². The normalized spacial score (nSPS) is 12.6. The summed E-state index contributed by atoms with van der Waals surface area (Å²) in [6.07, 6.45) is 5.03. The summed E-state index contributed by atoms with van der Waals surface area (Å²) in [4.78, 5) is 0. The van der Waals surface area contributed by atoms with Gasteiger partial charge in [0.2, 0.25) is 0 Å². The summed E-state index contributed by atoms with van der Waals surface area (Å²) in [5, 5.41) is 0. The summed E-state index contributed by atoms with van der Waals surface area (Å²) in [7, 11) is 0. The van der Waals surface area contributed by atoms with Crippen LogP contribution in [0.1, 0.15) is 45.1 Å². The molecule has 0 aliphatic rings. The molecule has 0 aliphatic heterocycles. The Bertz CT molecular complexity index is 354. The van der Waals surface area contributed by atoms with Crippen molar-refractivity contribution in [3.8, 4) is 0 Å². The zero-order chi connectivity index (χ0) is 13.4. The number of halogens is 1. The Morgan fingerprint density at radius 1 is 1.33 bits per heavy atom. The zero-order valence-electron chi connectivity index (χ0n) is 11.4. The van der Waals surface area contributed by atoms with E-state index in [1.165, 1.54) is 25.7 Å². The van der Waals surface area contributed by atoms with E-state index in [1.807, 2.05) is 18.2 Å². The van der Waals surface area contributed by atoms with E-state index in [-0.39, 0.29) is 0 Å². The van der Waals surface area contributed by atoms with Gasteiger partial charge >= 0.3 is 0 Å². The third-order valence-corrected chi connectivity index (χ3v) is 3.95. The average molecular weight is 314 g/mol. The molecule has 0 spiro atoms. The van der Waals surface area contributed by atoms with Gasteiger partial charge in [0.15, 0.2) is 0 Å². The van der Waals surface area contributed by atoms with Crippen LogP contribution in [-0.4, -0.2) is 6.61 Å². The molecule has 1 rings (SSSR count). The number of benzene rings is 1. The summed E-state index contributed by atoms with van der Waals surface area (Å²) in [5.74, 6) is 0.692. The Hall–Kier alpha value is -0.540. The van der Waals surface area contributed by atoms with Crippen LogP contribution < -0.4 is 5.73 Å². The Kier molecular flexibility index (Phi) is 7.36. The standard InChI is InChI=1S/C15H24BrNO/c1-3-5-6-12(4-2)10-18-11-13-7-8-14(16)15(17)9-13/h7-9,12H,3-6,10-11,17H2,1-2H3. The maximum Gasteiger partial charge on any atom is 0.0717 e. The first-order valence-corrected chi connectivity index (χ1v) is 7.58. The minimum absolute atomic E-state index is 0.653. The molecule has 1 aromatic rings. The van der Waals surface area contributed by atoms with Gasteiger partial charge < -0.3 is 10.5 Å². The molecule has 102 valence electrons. The number of unbranched alkanes of at least 4 members (excludes halogenated alkanes) is 1. The summed E-state index contributed by atoms with van der Waals surface area (Å²) in [5.41, 5.74) is 7.75. The molecule has 1 atom stereocenters. The fourth-order valence-electron chi connectivity index (χ4n) is 1.92. The van der Waals surface area contributed by atoms with Gasteiger partial charge in [0.25, 0.3) is 0 Å². The quantitative estimate of drug-likeness (QED) is 0.702. The molecular formula is C15H24BrNO. The van der Waals surface area contributed by atoms with E-state index < -0.39 is 0 Å². The van der Waals surface area contributed by atoms with E-state index in [9.17, 15) is 0 Å². The van der Waals surface area contributed by atoms with Crippen LogP contribution in [0.25, 0.3) is 0 Å². The van der Waals surface area contributed by atoms with Crippen molar-refractivity contribution in [1.82, 2.24) is 0 Å². The van der Waals surface area contributed by atoms with E-state index >= 15 is 0 Å². The Balaban J connectivity index is 2.33. The number of anilines is 1. The van der Waals surface area contributed by atoms with Crippen LogP contribution in [0.5, 0.6) is 0 Å². The predicted molar refractivity (Wildman–Crippen MR) is 81.5 cm³/mol. The molecule has 3 heteroatoms. The van der Waals surface area contributed by atoms with Gasteiger partial charge in [-0.1, -0.05) is 39.2 Å². The van der Waals surface area contributed by atoms with Gasteiger partial charge in [-0.05, 0) is 46.0 Å². The largest absolute Gasteiger partial charge is 0.398 e. The lowest BCUT2D eigenvalue weighted by Gasteiger charge is -2.14. The monoisotopic (exact) mass is 313 g/mol. The highest BCUT2D eigenvalue weighted by atomic mass is 79.9. The summed E-state index contributed by atoms with van der Waals surface area (Å²) >= 11 is 3.39. The molecule has 18 heavy (non-hydrogen) atoms. The topological polar surface area (TPSA) is 35.2 Å². The van der Waals surface area contributed by atoms with Gasteiger partial charge in [0, 0.05) is 16.8 Å². The molecule has 2 N–H and O–H groups in total. The van der Waals surface area contributed by atoms with Crippen molar-refractivity contribution in [2.24, 2.45) is 5.92 Å². The van der Waals surface area contributed by atoms with Gasteiger partial charge in [0.1, 0.15) is 0 Å². The average Bonchev–Trinajstić information content (AvgIpc) is 2.37. The van der Waals surface area contributed by atoms with Crippen LogP contribution >= 0.6 is 15.9 Å². The SMILES string of the molecule is CCCCC(CC)COCc1ccc(Br)c(N)c1. The molecule has 0 heterocycles. The van der Waals surface area contributed by atoms with Crippen molar-refractivity contribution in [3.63, 3.8) is 0 Å². The highest BCUT2D eigenvalue weighted by molar-refractivity contribution is 9.10. The predicted octanol–water partition coefficient (Wildman–Crippen LogP) is 4.76. The summed E-state index contributed by atoms with van der Waals surface area (Å²) < 4.78 is 6.74. The molecule has 2 nitrogen and oxygen atoms in total. The zero-order valence-corrected chi connectivity index (χ0v) is 13.0. The minimum Gasteiger partial charge on any atom is -0.398 e. The van der Waals surface area contributed by atoms with Crippen molar-refractivity contribution >= 4 is 21.6 Å². The van der Waals surface area contributed by atoms with Crippen LogP contribution in [0.4, 0.5) is 5.69 Å².